The fourth-order valence-electron chi connectivity index (χ4n) is 4.53. The lowest BCUT2D eigenvalue weighted by Crippen LogP contribution is -2.43. The van der Waals surface area contributed by atoms with Crippen LogP contribution < -0.4 is 10.1 Å². The topological polar surface area (TPSA) is 96.0 Å². The molecule has 0 bridgehead atoms. The molecule has 1 saturated heterocycles. The molecular weight excluding hydrogens is 416 g/mol. The number of H-pyrrole nitrogens is 1. The number of nitrogens with zero attached hydrogens (tertiary/aromatic N) is 4. The first-order valence-electron chi connectivity index (χ1n) is 11.3. The van der Waals surface area contributed by atoms with Crippen molar-refractivity contribution in [2.75, 3.05) is 25.5 Å². The molecule has 4 rings (SSSR count). The second-order valence-corrected chi connectivity index (χ2v) is 9.74. The Morgan fingerprint density at radius 3 is 2.48 bits per heavy atom. The average molecular weight is 449 g/mol. The summed E-state index contributed by atoms with van der Waals surface area (Å²) < 4.78 is 5.39. The average Bonchev–Trinajstić information content (AvgIpc) is 3.33. The minimum absolute atomic E-state index is 0.0746. The molecule has 0 radical (unpaired) electrons. The van der Waals surface area contributed by atoms with E-state index in [2.05, 4.69) is 52.8 Å². The van der Waals surface area contributed by atoms with Gasteiger partial charge in [-0.15, -0.1) is 10.2 Å². The number of likely N-dealkylation sites (tertiary alicyclic amines) is 1. The third kappa shape index (κ3) is 4.99. The van der Waals surface area contributed by atoms with Crippen molar-refractivity contribution in [3.05, 3.63) is 42.0 Å². The Bertz CT molecular complexity index is 1110. The highest BCUT2D eigenvalue weighted by Crippen LogP contribution is 2.36. The summed E-state index contributed by atoms with van der Waals surface area (Å²) >= 11 is 0. The maximum absolute atomic E-state index is 12.9. The largest absolute Gasteiger partial charge is 0.496 e. The smallest absolute Gasteiger partial charge is 0.321 e. The quantitative estimate of drug-likeness (QED) is 0.576. The van der Waals surface area contributed by atoms with Gasteiger partial charge in [-0.1, -0.05) is 32.9 Å². The monoisotopic (exact) mass is 448 g/mol. The fraction of sp³-hybridized carbons (Fsp3) is 0.440. The van der Waals surface area contributed by atoms with Crippen LogP contribution in [-0.4, -0.2) is 51.8 Å². The second kappa shape index (κ2) is 9.21. The molecule has 1 aliphatic heterocycles. The molecule has 33 heavy (non-hydrogen) atoms. The summed E-state index contributed by atoms with van der Waals surface area (Å²) in [4.78, 5) is 14.8. The van der Waals surface area contributed by atoms with Crippen molar-refractivity contribution in [2.45, 2.75) is 40.5 Å². The van der Waals surface area contributed by atoms with E-state index in [1.807, 2.05) is 42.2 Å². The Labute approximate surface area is 194 Å². The summed E-state index contributed by atoms with van der Waals surface area (Å²) in [5.74, 6) is 1.94. The molecule has 0 atom stereocenters. The van der Waals surface area contributed by atoms with E-state index in [-0.39, 0.29) is 11.4 Å². The van der Waals surface area contributed by atoms with Gasteiger partial charge in [-0.05, 0) is 77.3 Å². The number of anilines is 1. The molecule has 0 saturated carbocycles. The van der Waals surface area contributed by atoms with E-state index in [0.717, 1.165) is 53.9 Å². The zero-order valence-electron chi connectivity index (χ0n) is 20.0. The van der Waals surface area contributed by atoms with E-state index >= 15 is 0 Å². The van der Waals surface area contributed by atoms with Gasteiger partial charge in [0.2, 0.25) is 5.82 Å². The lowest BCUT2D eigenvalue weighted by atomic mass is 9.75. The van der Waals surface area contributed by atoms with E-state index in [9.17, 15) is 4.79 Å². The number of carbonyl (C=O) groups is 1. The third-order valence-corrected chi connectivity index (χ3v) is 6.57. The molecule has 1 aliphatic rings. The number of aromatic nitrogens is 4. The van der Waals surface area contributed by atoms with Gasteiger partial charge in [0.25, 0.3) is 0 Å². The number of aryl methyl sites for hydroxylation is 1. The van der Waals surface area contributed by atoms with Crippen LogP contribution in [0.2, 0.25) is 0 Å². The van der Waals surface area contributed by atoms with Crippen LogP contribution in [0, 0.1) is 18.3 Å². The molecule has 2 N–H and O–H groups in total. The Balaban J connectivity index is 1.56. The van der Waals surface area contributed by atoms with Gasteiger partial charge in [0.15, 0.2) is 0 Å². The molecule has 3 aromatic rings. The van der Waals surface area contributed by atoms with Gasteiger partial charge in [-0.25, -0.2) is 4.79 Å². The number of benzene rings is 2. The molecule has 1 fully saturated rings. The van der Waals surface area contributed by atoms with Gasteiger partial charge in [0, 0.05) is 24.3 Å². The Morgan fingerprint density at radius 1 is 1.12 bits per heavy atom. The van der Waals surface area contributed by atoms with Crippen LogP contribution in [0.15, 0.2) is 36.4 Å². The summed E-state index contributed by atoms with van der Waals surface area (Å²) in [6.45, 7) is 10.4. The molecule has 2 aromatic carbocycles. The van der Waals surface area contributed by atoms with Crippen molar-refractivity contribution in [2.24, 2.45) is 11.3 Å². The first kappa shape index (κ1) is 22.8. The number of hydrogen-bond donors (Lipinski definition) is 2. The SMILES string of the molecule is COc1ccc(-c2ccc(NC(=O)N3CCC(C(C)(C)C)CC3)cc2-c2nn[nH]n2)cc1C. The van der Waals surface area contributed by atoms with Crippen LogP contribution in [0.3, 0.4) is 0 Å². The predicted octanol–water partition coefficient (Wildman–Crippen LogP) is 5.14. The first-order chi connectivity index (χ1) is 15.8. The molecule has 0 unspecified atom stereocenters. The summed E-state index contributed by atoms with van der Waals surface area (Å²) in [5.41, 5.74) is 4.76. The number of amides is 2. The van der Waals surface area contributed by atoms with Crippen molar-refractivity contribution < 1.29 is 9.53 Å². The molecule has 8 nitrogen and oxygen atoms in total. The number of ether oxygens (including phenoxy) is 1. The van der Waals surface area contributed by atoms with Crippen molar-refractivity contribution in [3.8, 4) is 28.3 Å². The zero-order valence-corrected chi connectivity index (χ0v) is 20.0. The normalized spacial score (nSPS) is 14.9. The van der Waals surface area contributed by atoms with Gasteiger partial charge in [0.1, 0.15) is 5.75 Å². The molecule has 2 amide bonds. The Kier molecular flexibility index (Phi) is 6.35. The van der Waals surface area contributed by atoms with Crippen LogP contribution in [0.5, 0.6) is 5.75 Å². The van der Waals surface area contributed by atoms with Crippen molar-refractivity contribution >= 4 is 11.7 Å². The number of methoxy groups -OCH3 is 1. The summed E-state index contributed by atoms with van der Waals surface area (Å²) in [5, 5.41) is 17.6. The molecule has 0 spiro atoms. The van der Waals surface area contributed by atoms with Gasteiger partial charge in [0.05, 0.1) is 7.11 Å². The number of rotatable bonds is 4. The maximum atomic E-state index is 12.9. The number of urea groups is 1. The van der Waals surface area contributed by atoms with Crippen molar-refractivity contribution in [3.63, 3.8) is 0 Å². The number of nitrogens with one attached hydrogen (secondary N) is 2. The molecular formula is C25H32N6O2. The van der Waals surface area contributed by atoms with Gasteiger partial charge in [-0.3, -0.25) is 0 Å². The highest BCUT2D eigenvalue weighted by molar-refractivity contribution is 5.92. The maximum Gasteiger partial charge on any atom is 0.321 e. The number of aromatic amines is 1. The lowest BCUT2D eigenvalue weighted by Gasteiger charge is -2.38. The highest BCUT2D eigenvalue weighted by atomic mass is 16.5. The van der Waals surface area contributed by atoms with Gasteiger partial charge >= 0.3 is 6.03 Å². The zero-order chi connectivity index (χ0) is 23.6. The van der Waals surface area contributed by atoms with Crippen molar-refractivity contribution in [1.29, 1.82) is 0 Å². The summed E-state index contributed by atoms with van der Waals surface area (Å²) in [6.07, 6.45) is 2.06. The Hall–Kier alpha value is -3.42. The van der Waals surface area contributed by atoms with Gasteiger partial charge in [-0.2, -0.15) is 5.21 Å². The Morgan fingerprint density at radius 2 is 1.88 bits per heavy atom. The minimum Gasteiger partial charge on any atom is -0.496 e. The number of hydrogen-bond acceptors (Lipinski definition) is 5. The minimum atomic E-state index is -0.0746. The van der Waals surface area contributed by atoms with Crippen LogP contribution in [0.25, 0.3) is 22.5 Å². The van der Waals surface area contributed by atoms with E-state index < -0.39 is 0 Å². The first-order valence-corrected chi connectivity index (χ1v) is 11.3. The van der Waals surface area contributed by atoms with E-state index in [0.29, 0.717) is 17.4 Å². The van der Waals surface area contributed by atoms with E-state index in [1.165, 1.54) is 0 Å². The molecule has 8 heteroatoms. The number of carbonyl (C=O) groups excluding carboxylic acids is 1. The lowest BCUT2D eigenvalue weighted by molar-refractivity contribution is 0.128. The van der Waals surface area contributed by atoms with Gasteiger partial charge < -0.3 is 15.0 Å². The van der Waals surface area contributed by atoms with E-state index in [1.54, 1.807) is 7.11 Å². The number of piperidine rings is 1. The fourth-order valence-corrected chi connectivity index (χ4v) is 4.53. The molecule has 174 valence electrons. The standard InChI is InChI=1S/C25H32N6O2/c1-16-14-17(6-9-22(16)33-5)20-8-7-19(15-21(20)23-27-29-30-28-23)26-24(32)31-12-10-18(11-13-31)25(2,3)4/h6-9,14-15,18H,10-13H2,1-5H3,(H,26,32)(H,27,28,29,30). The molecule has 1 aromatic heterocycles. The number of tetrazole rings is 1. The second-order valence-electron chi connectivity index (χ2n) is 9.74. The third-order valence-electron chi connectivity index (χ3n) is 6.57. The van der Waals surface area contributed by atoms with Crippen molar-refractivity contribution in [1.82, 2.24) is 25.5 Å². The summed E-state index contributed by atoms with van der Waals surface area (Å²) in [6, 6.07) is 11.7. The van der Waals surface area contributed by atoms with Crippen LogP contribution in [-0.2, 0) is 0 Å². The summed E-state index contributed by atoms with van der Waals surface area (Å²) in [7, 11) is 1.66. The molecule has 0 aliphatic carbocycles. The molecule has 2 heterocycles. The predicted molar refractivity (Wildman–Crippen MR) is 129 cm³/mol. The van der Waals surface area contributed by atoms with Crippen LogP contribution in [0.4, 0.5) is 10.5 Å². The van der Waals surface area contributed by atoms with E-state index in [4.69, 9.17) is 4.74 Å². The highest BCUT2D eigenvalue weighted by Gasteiger charge is 2.30. The van der Waals surface area contributed by atoms with Crippen LogP contribution >= 0.6 is 0 Å². The van der Waals surface area contributed by atoms with Crippen LogP contribution in [0.1, 0.15) is 39.2 Å².